The van der Waals surface area contributed by atoms with Crippen LogP contribution in [0.15, 0.2) is 87.5 Å². The van der Waals surface area contributed by atoms with Crippen LogP contribution in [0, 0.1) is 0 Å². The first kappa shape index (κ1) is 21.2. The highest BCUT2D eigenvalue weighted by Crippen LogP contribution is 2.48. The number of aromatic nitrogens is 2. The number of amides is 1. The van der Waals surface area contributed by atoms with E-state index in [0.29, 0.717) is 27.4 Å². The molecule has 33 heavy (non-hydrogen) atoms. The van der Waals surface area contributed by atoms with Crippen LogP contribution in [0.25, 0.3) is 11.0 Å². The van der Waals surface area contributed by atoms with Gasteiger partial charge in [-0.25, -0.2) is 4.98 Å². The van der Waals surface area contributed by atoms with E-state index in [-0.39, 0.29) is 6.54 Å². The summed E-state index contributed by atoms with van der Waals surface area (Å²) >= 11 is 7.72. The Morgan fingerprint density at radius 3 is 2.61 bits per heavy atom. The molecule has 0 atom stereocenters. The number of para-hydroxylation sites is 3. The van der Waals surface area contributed by atoms with E-state index in [2.05, 4.69) is 4.98 Å². The molecule has 9 heteroatoms. The maximum absolute atomic E-state index is 13.2. The summed E-state index contributed by atoms with van der Waals surface area (Å²) in [5, 5.41) is 0.493. The molecular formula is C24H16ClN3O4S. The van der Waals surface area contributed by atoms with Crippen molar-refractivity contribution in [3.8, 4) is 0 Å². The number of rotatable bonds is 4. The van der Waals surface area contributed by atoms with E-state index in [1.807, 2.05) is 30.3 Å². The molecule has 1 aliphatic heterocycles. The third-order valence-electron chi connectivity index (χ3n) is 5.13. The van der Waals surface area contributed by atoms with Gasteiger partial charge in [-0.05, 0) is 42.5 Å². The lowest BCUT2D eigenvalue weighted by Crippen LogP contribution is -2.33. The highest BCUT2D eigenvalue weighted by atomic mass is 35.5. The second-order valence-electron chi connectivity index (χ2n) is 7.24. The summed E-state index contributed by atoms with van der Waals surface area (Å²) in [7, 11) is 0. The van der Waals surface area contributed by atoms with E-state index >= 15 is 0 Å². The molecule has 164 valence electrons. The monoisotopic (exact) mass is 477 g/mol. The Bertz CT molecular complexity index is 1470. The van der Waals surface area contributed by atoms with Crippen LogP contribution in [0.4, 0.5) is 11.4 Å². The maximum atomic E-state index is 13.2. The first-order chi connectivity index (χ1) is 16.0. The molecular weight excluding hydrogens is 462 g/mol. The molecule has 1 aliphatic rings. The number of carbonyl (C=O) groups excluding carboxylic acids is 2. The molecule has 0 saturated carbocycles. The van der Waals surface area contributed by atoms with Crippen molar-refractivity contribution in [3.63, 3.8) is 0 Å². The Morgan fingerprint density at radius 1 is 0.970 bits per heavy atom. The predicted octanol–water partition coefficient (Wildman–Crippen LogP) is 4.42. The number of hydrogen-bond donors (Lipinski definition) is 0. The Hall–Kier alpha value is -3.62. The minimum absolute atomic E-state index is 0.329. The summed E-state index contributed by atoms with van der Waals surface area (Å²) in [6, 6.07) is 19.8. The lowest BCUT2D eigenvalue weighted by molar-refractivity contribution is -0.148. The minimum atomic E-state index is -0.701. The van der Waals surface area contributed by atoms with Gasteiger partial charge >= 0.3 is 5.97 Å². The zero-order valence-corrected chi connectivity index (χ0v) is 18.7. The fourth-order valence-electron chi connectivity index (χ4n) is 3.66. The molecule has 2 heterocycles. The van der Waals surface area contributed by atoms with Crippen LogP contribution in [0.1, 0.15) is 0 Å². The average molecular weight is 478 g/mol. The van der Waals surface area contributed by atoms with Gasteiger partial charge in [0.15, 0.2) is 6.61 Å². The fourth-order valence-corrected chi connectivity index (χ4v) is 4.86. The lowest BCUT2D eigenvalue weighted by atomic mass is 10.2. The molecule has 0 bridgehead atoms. The maximum Gasteiger partial charge on any atom is 0.326 e. The van der Waals surface area contributed by atoms with Gasteiger partial charge in [0.05, 0.1) is 28.6 Å². The minimum Gasteiger partial charge on any atom is -0.454 e. The van der Waals surface area contributed by atoms with Crippen LogP contribution in [0.2, 0.25) is 5.02 Å². The fraction of sp³-hybridized carbons (Fsp3) is 0.0833. The quantitative estimate of drug-likeness (QED) is 0.405. The molecule has 0 unspecified atom stereocenters. The van der Waals surface area contributed by atoms with Crippen LogP contribution in [-0.4, -0.2) is 28.0 Å². The van der Waals surface area contributed by atoms with Gasteiger partial charge in [0.1, 0.15) is 6.54 Å². The second kappa shape index (κ2) is 8.73. The number of halogens is 1. The van der Waals surface area contributed by atoms with Crippen molar-refractivity contribution in [1.82, 2.24) is 9.55 Å². The Morgan fingerprint density at radius 2 is 1.73 bits per heavy atom. The van der Waals surface area contributed by atoms with Crippen molar-refractivity contribution in [1.29, 1.82) is 0 Å². The predicted molar refractivity (Wildman–Crippen MR) is 126 cm³/mol. The molecule has 0 spiro atoms. The molecule has 4 aromatic rings. The SMILES string of the molecule is O=C(Cn1c(=O)cnc2ccccc21)OCC(=O)N1c2ccccc2Sc2ccc(Cl)cc21. The Balaban J connectivity index is 1.37. The van der Waals surface area contributed by atoms with Crippen molar-refractivity contribution in [2.75, 3.05) is 11.5 Å². The Kier molecular flexibility index (Phi) is 5.62. The summed E-state index contributed by atoms with van der Waals surface area (Å²) in [4.78, 5) is 45.4. The molecule has 1 amide bonds. The molecule has 0 N–H and O–H groups in total. The third-order valence-corrected chi connectivity index (χ3v) is 6.50. The highest BCUT2D eigenvalue weighted by molar-refractivity contribution is 7.99. The zero-order valence-electron chi connectivity index (χ0n) is 17.1. The molecule has 0 fully saturated rings. The molecule has 0 radical (unpaired) electrons. The summed E-state index contributed by atoms with van der Waals surface area (Å²) in [5.74, 6) is -1.13. The Labute approximate surface area is 197 Å². The van der Waals surface area contributed by atoms with Crippen molar-refractivity contribution in [3.05, 3.63) is 88.3 Å². The van der Waals surface area contributed by atoms with Crippen LogP contribution in [0.3, 0.4) is 0 Å². The van der Waals surface area contributed by atoms with E-state index in [9.17, 15) is 14.4 Å². The van der Waals surface area contributed by atoms with E-state index in [1.54, 1.807) is 36.4 Å². The standard InChI is InChI=1S/C24H16ClN3O4S/c25-15-9-10-21-19(11-15)28(18-7-3-4-8-20(18)33-21)23(30)14-32-24(31)13-27-17-6-2-1-5-16(17)26-12-22(27)29/h1-12H,13-14H2. The first-order valence-corrected chi connectivity index (χ1v) is 11.2. The van der Waals surface area contributed by atoms with Gasteiger partial charge in [0, 0.05) is 14.8 Å². The number of anilines is 2. The van der Waals surface area contributed by atoms with Crippen molar-refractivity contribution >= 4 is 57.6 Å². The van der Waals surface area contributed by atoms with Crippen LogP contribution < -0.4 is 10.5 Å². The normalized spacial score (nSPS) is 12.2. The summed E-state index contributed by atoms with van der Waals surface area (Å²) in [5.41, 5.74) is 1.98. The summed E-state index contributed by atoms with van der Waals surface area (Å²) in [6.45, 7) is -0.814. The van der Waals surface area contributed by atoms with Crippen LogP contribution in [0.5, 0.6) is 0 Å². The van der Waals surface area contributed by atoms with E-state index in [4.69, 9.17) is 16.3 Å². The number of benzene rings is 3. The molecule has 0 aliphatic carbocycles. The van der Waals surface area contributed by atoms with Gasteiger partial charge < -0.3 is 4.74 Å². The van der Waals surface area contributed by atoms with E-state index < -0.39 is 24.0 Å². The molecule has 0 saturated heterocycles. The topological polar surface area (TPSA) is 81.5 Å². The van der Waals surface area contributed by atoms with Crippen LogP contribution >= 0.6 is 23.4 Å². The summed E-state index contributed by atoms with van der Waals surface area (Å²) < 4.78 is 6.55. The van der Waals surface area contributed by atoms with Crippen molar-refractivity contribution in [2.45, 2.75) is 16.3 Å². The molecule has 3 aromatic carbocycles. The molecule has 5 rings (SSSR count). The van der Waals surface area contributed by atoms with Crippen molar-refractivity contribution < 1.29 is 14.3 Å². The number of esters is 1. The highest BCUT2D eigenvalue weighted by Gasteiger charge is 2.29. The second-order valence-corrected chi connectivity index (χ2v) is 8.76. The third kappa shape index (κ3) is 4.10. The molecule has 1 aromatic heterocycles. The lowest BCUT2D eigenvalue weighted by Gasteiger charge is -2.31. The number of hydrogen-bond acceptors (Lipinski definition) is 6. The van der Waals surface area contributed by atoms with Gasteiger partial charge in [-0.15, -0.1) is 0 Å². The average Bonchev–Trinajstić information content (AvgIpc) is 2.83. The molecule has 7 nitrogen and oxygen atoms in total. The number of ether oxygens (including phenoxy) is 1. The van der Waals surface area contributed by atoms with Crippen molar-refractivity contribution in [2.24, 2.45) is 0 Å². The number of nitrogens with zero attached hydrogens (tertiary/aromatic N) is 3. The van der Waals surface area contributed by atoms with Gasteiger partial charge in [-0.1, -0.05) is 47.6 Å². The van der Waals surface area contributed by atoms with E-state index in [1.165, 1.54) is 21.2 Å². The van der Waals surface area contributed by atoms with Gasteiger partial charge in [0.25, 0.3) is 11.5 Å². The van der Waals surface area contributed by atoms with Gasteiger partial charge in [0.2, 0.25) is 0 Å². The van der Waals surface area contributed by atoms with Gasteiger partial charge in [-0.3, -0.25) is 23.9 Å². The number of carbonyl (C=O) groups is 2. The smallest absolute Gasteiger partial charge is 0.326 e. The zero-order chi connectivity index (χ0) is 22.9. The van der Waals surface area contributed by atoms with E-state index in [0.717, 1.165) is 16.0 Å². The van der Waals surface area contributed by atoms with Gasteiger partial charge in [-0.2, -0.15) is 0 Å². The largest absolute Gasteiger partial charge is 0.454 e. The first-order valence-electron chi connectivity index (χ1n) is 10.0. The summed E-state index contributed by atoms with van der Waals surface area (Å²) in [6.07, 6.45) is 1.16. The van der Waals surface area contributed by atoms with Crippen LogP contribution in [-0.2, 0) is 20.9 Å². The number of fused-ring (bicyclic) bond motifs is 3.